The number of esters is 1. The molecule has 0 aliphatic heterocycles. The summed E-state index contributed by atoms with van der Waals surface area (Å²) in [6.07, 6.45) is 38.9. The summed E-state index contributed by atoms with van der Waals surface area (Å²) in [5.41, 5.74) is 0. The zero-order valence-corrected chi connectivity index (χ0v) is 33.7. The van der Waals surface area contributed by atoms with Crippen LogP contribution in [0.5, 0.6) is 0 Å². The summed E-state index contributed by atoms with van der Waals surface area (Å²) >= 11 is 0. The van der Waals surface area contributed by atoms with Crippen molar-refractivity contribution in [2.75, 3.05) is 19.8 Å². The fourth-order valence-corrected chi connectivity index (χ4v) is 5.95. The number of phosphoric acid groups is 1. The molecule has 0 heterocycles. The molecule has 0 aromatic carbocycles. The van der Waals surface area contributed by atoms with Gasteiger partial charge in [-0.15, -0.1) is 0 Å². The average molecular weight is 770 g/mol. The van der Waals surface area contributed by atoms with Crippen LogP contribution in [0.15, 0.2) is 48.6 Å². The minimum atomic E-state index is -4.75. The molecular formula is C41H72NO10P. The summed E-state index contributed by atoms with van der Waals surface area (Å²) in [7, 11) is -4.75. The first-order valence-electron chi connectivity index (χ1n) is 20.2. The molecule has 11 nitrogen and oxygen atoms in total. The lowest BCUT2D eigenvalue weighted by atomic mass is 10.1. The maximum Gasteiger partial charge on any atom is 0.472 e. The van der Waals surface area contributed by atoms with E-state index < -0.39 is 57.6 Å². The second kappa shape index (κ2) is 36.4. The first-order valence-corrected chi connectivity index (χ1v) is 21.7. The van der Waals surface area contributed by atoms with Gasteiger partial charge in [0.15, 0.2) is 6.04 Å². The first-order chi connectivity index (χ1) is 25.6. The number of carbonyl (C=O) groups is 3. The number of nitrogens with one attached hydrogen (secondary N) is 1. The van der Waals surface area contributed by atoms with Gasteiger partial charge in [-0.2, -0.15) is 0 Å². The van der Waals surface area contributed by atoms with E-state index in [1.54, 1.807) is 0 Å². The highest BCUT2D eigenvalue weighted by atomic mass is 31.2. The van der Waals surface area contributed by atoms with Crippen LogP contribution in [-0.4, -0.2) is 64.9 Å². The third kappa shape index (κ3) is 36.2. The van der Waals surface area contributed by atoms with E-state index in [9.17, 15) is 34.1 Å². The van der Waals surface area contributed by atoms with E-state index in [1.807, 2.05) is 0 Å². The number of unbranched alkanes of at least 4 members (excludes halogenated alkanes) is 15. The van der Waals surface area contributed by atoms with E-state index in [0.29, 0.717) is 12.8 Å². The zero-order valence-electron chi connectivity index (χ0n) is 32.8. The Kier molecular flexibility index (Phi) is 34.7. The lowest BCUT2D eigenvalue weighted by Gasteiger charge is -2.18. The molecular weight excluding hydrogens is 697 g/mol. The van der Waals surface area contributed by atoms with Crippen LogP contribution in [0, 0.1) is 0 Å². The van der Waals surface area contributed by atoms with Crippen LogP contribution in [0.2, 0.25) is 0 Å². The topological polar surface area (TPSA) is 169 Å². The standard InChI is InChI=1S/C41H72NO10P/c1-3-5-7-9-11-12-13-14-15-16-17-18-19-20-21-22-23-24-25-26-27-28-30-32-39(44)42-38(41(46)47)36-52-53(48,49)51-35-37(43)34-50-40(45)33-31-29-10-8-6-4-2/h11-12,14-15,17-18,20-21,37-38,43H,3-10,13,16,19,22-36H2,1-2H3,(H,42,44)(H,46,47)(H,48,49)/b12-11-,15-14-,18-17-,21-20-. The molecule has 0 spiro atoms. The van der Waals surface area contributed by atoms with E-state index >= 15 is 0 Å². The Morgan fingerprint density at radius 2 is 1.04 bits per heavy atom. The Morgan fingerprint density at radius 3 is 1.58 bits per heavy atom. The number of aliphatic hydroxyl groups excluding tert-OH is 1. The number of aliphatic hydroxyl groups is 1. The average Bonchev–Trinajstić information content (AvgIpc) is 3.13. The highest BCUT2D eigenvalue weighted by Gasteiger charge is 2.28. The Bertz CT molecular complexity index is 1090. The molecule has 0 saturated carbocycles. The molecule has 0 fully saturated rings. The summed E-state index contributed by atoms with van der Waals surface area (Å²) < 4.78 is 26.6. The molecule has 3 atom stereocenters. The number of allylic oxidation sites excluding steroid dienone is 8. The van der Waals surface area contributed by atoms with Crippen LogP contribution in [0.25, 0.3) is 0 Å². The number of phosphoric ester groups is 1. The monoisotopic (exact) mass is 769 g/mol. The molecule has 0 aliphatic rings. The van der Waals surface area contributed by atoms with Gasteiger partial charge in [-0.1, -0.05) is 140 Å². The quantitative estimate of drug-likeness (QED) is 0.0207. The molecule has 0 aliphatic carbocycles. The number of hydrogen-bond donors (Lipinski definition) is 4. The molecule has 306 valence electrons. The van der Waals surface area contributed by atoms with E-state index in [2.05, 4.69) is 67.8 Å². The van der Waals surface area contributed by atoms with Crippen LogP contribution in [-0.2, 0) is 32.7 Å². The van der Waals surface area contributed by atoms with Gasteiger partial charge in [0.1, 0.15) is 12.7 Å². The first kappa shape index (κ1) is 50.4. The largest absolute Gasteiger partial charge is 0.480 e. The van der Waals surface area contributed by atoms with E-state index in [1.165, 1.54) is 25.7 Å². The van der Waals surface area contributed by atoms with E-state index in [0.717, 1.165) is 96.3 Å². The van der Waals surface area contributed by atoms with Crippen molar-refractivity contribution in [3.05, 3.63) is 48.6 Å². The highest BCUT2D eigenvalue weighted by molar-refractivity contribution is 7.47. The van der Waals surface area contributed by atoms with Crippen molar-refractivity contribution in [3.8, 4) is 0 Å². The molecule has 0 radical (unpaired) electrons. The third-order valence-electron chi connectivity index (χ3n) is 8.37. The Hall–Kier alpha value is -2.56. The normalized spacial score (nSPS) is 14.3. The molecule has 4 N–H and O–H groups in total. The molecule has 0 rings (SSSR count). The predicted octanol–water partition coefficient (Wildman–Crippen LogP) is 9.83. The Balaban J connectivity index is 3.93. The van der Waals surface area contributed by atoms with Gasteiger partial charge in [0.25, 0.3) is 0 Å². The number of carbonyl (C=O) groups excluding carboxylic acids is 2. The summed E-state index contributed by atoms with van der Waals surface area (Å²) in [5.74, 6) is -2.40. The van der Waals surface area contributed by atoms with Gasteiger partial charge >= 0.3 is 19.8 Å². The lowest BCUT2D eigenvalue weighted by molar-refractivity contribution is -0.147. The minimum Gasteiger partial charge on any atom is -0.480 e. The maximum atomic E-state index is 12.3. The second-order valence-corrected chi connectivity index (χ2v) is 14.9. The second-order valence-electron chi connectivity index (χ2n) is 13.5. The van der Waals surface area contributed by atoms with Gasteiger partial charge < -0.3 is 25.2 Å². The molecule has 53 heavy (non-hydrogen) atoms. The van der Waals surface area contributed by atoms with Gasteiger partial charge in [0.2, 0.25) is 5.91 Å². The molecule has 0 bridgehead atoms. The molecule has 0 aromatic heterocycles. The smallest absolute Gasteiger partial charge is 0.472 e. The highest BCUT2D eigenvalue weighted by Crippen LogP contribution is 2.43. The predicted molar refractivity (Wildman–Crippen MR) is 212 cm³/mol. The number of hydrogen-bond acceptors (Lipinski definition) is 8. The van der Waals surface area contributed by atoms with E-state index in [-0.39, 0.29) is 12.8 Å². The van der Waals surface area contributed by atoms with E-state index in [4.69, 9.17) is 13.8 Å². The number of carboxylic acids is 1. The fraction of sp³-hybridized carbons (Fsp3) is 0.732. The van der Waals surface area contributed by atoms with Crippen molar-refractivity contribution in [2.45, 2.75) is 174 Å². The van der Waals surface area contributed by atoms with Crippen LogP contribution in [0.1, 0.15) is 162 Å². The Morgan fingerprint density at radius 1 is 0.604 bits per heavy atom. The number of amides is 1. The zero-order chi connectivity index (χ0) is 39.3. The molecule has 12 heteroatoms. The fourth-order valence-electron chi connectivity index (χ4n) is 5.18. The third-order valence-corrected chi connectivity index (χ3v) is 9.32. The minimum absolute atomic E-state index is 0.132. The molecule has 0 saturated heterocycles. The summed E-state index contributed by atoms with van der Waals surface area (Å²) in [4.78, 5) is 45.6. The van der Waals surface area contributed by atoms with Crippen LogP contribution in [0.3, 0.4) is 0 Å². The Labute approximate surface area is 320 Å². The van der Waals surface area contributed by atoms with Gasteiger partial charge in [0.05, 0.1) is 13.2 Å². The molecule has 1 amide bonds. The van der Waals surface area contributed by atoms with Crippen LogP contribution >= 0.6 is 7.82 Å². The number of ether oxygens (including phenoxy) is 1. The van der Waals surface area contributed by atoms with Gasteiger partial charge in [-0.3, -0.25) is 18.6 Å². The van der Waals surface area contributed by atoms with Gasteiger partial charge in [-0.05, 0) is 57.8 Å². The summed E-state index contributed by atoms with van der Waals surface area (Å²) in [6.45, 7) is 2.45. The van der Waals surface area contributed by atoms with Crippen molar-refractivity contribution in [1.82, 2.24) is 5.32 Å². The molecule has 3 unspecified atom stereocenters. The number of rotatable bonds is 37. The summed E-state index contributed by atoms with van der Waals surface area (Å²) in [5, 5.41) is 21.7. The lowest BCUT2D eigenvalue weighted by Crippen LogP contribution is -2.43. The maximum absolute atomic E-state index is 12.3. The van der Waals surface area contributed by atoms with Gasteiger partial charge in [0, 0.05) is 12.8 Å². The molecule has 0 aromatic rings. The SMILES string of the molecule is CCCCC/C=C\C/C=C\C/C=C\C/C=C\CCCCCCCCCC(=O)NC(COP(=O)(O)OCC(O)COC(=O)CCCCCCCC)C(=O)O. The number of aliphatic carboxylic acids is 1. The van der Waals surface area contributed by atoms with Crippen molar-refractivity contribution in [1.29, 1.82) is 0 Å². The number of carboxylic acid groups (broad SMARTS) is 1. The summed E-state index contributed by atoms with van der Waals surface area (Å²) in [6, 6.07) is -1.55. The van der Waals surface area contributed by atoms with Gasteiger partial charge in [-0.25, -0.2) is 9.36 Å². The van der Waals surface area contributed by atoms with Crippen molar-refractivity contribution >= 4 is 25.7 Å². The van der Waals surface area contributed by atoms with Crippen LogP contribution in [0.4, 0.5) is 0 Å². The van der Waals surface area contributed by atoms with Crippen LogP contribution < -0.4 is 5.32 Å². The van der Waals surface area contributed by atoms with Crippen molar-refractivity contribution < 1.29 is 47.8 Å². The van der Waals surface area contributed by atoms with Crippen molar-refractivity contribution in [3.63, 3.8) is 0 Å². The van der Waals surface area contributed by atoms with Crippen molar-refractivity contribution in [2.24, 2.45) is 0 Å².